The summed E-state index contributed by atoms with van der Waals surface area (Å²) in [7, 11) is 0. The summed E-state index contributed by atoms with van der Waals surface area (Å²) in [5.41, 5.74) is 4.06. The summed E-state index contributed by atoms with van der Waals surface area (Å²) in [5.74, 6) is 0.190. The first-order valence-electron chi connectivity index (χ1n) is 7.20. The Balaban J connectivity index is 1.74. The molecule has 3 rings (SSSR count). The van der Waals surface area contributed by atoms with E-state index in [4.69, 9.17) is 4.42 Å². The molecule has 0 spiro atoms. The van der Waals surface area contributed by atoms with E-state index in [9.17, 15) is 4.79 Å². The number of fused-ring (bicyclic) bond motifs is 1. The van der Waals surface area contributed by atoms with Crippen LogP contribution in [0.5, 0.6) is 0 Å². The molecule has 0 radical (unpaired) electrons. The molecule has 0 unspecified atom stereocenters. The second-order valence-corrected chi connectivity index (χ2v) is 5.41. The molecule has 3 nitrogen and oxygen atoms in total. The minimum Gasteiger partial charge on any atom is -0.459 e. The van der Waals surface area contributed by atoms with Crippen LogP contribution in [0.1, 0.15) is 53.1 Å². The van der Waals surface area contributed by atoms with Gasteiger partial charge in [0.1, 0.15) is 0 Å². The third kappa shape index (κ3) is 2.62. The fourth-order valence-corrected chi connectivity index (χ4v) is 2.78. The van der Waals surface area contributed by atoms with Gasteiger partial charge in [0.2, 0.25) is 0 Å². The molecule has 1 heterocycles. The van der Waals surface area contributed by atoms with Crippen LogP contribution < -0.4 is 5.32 Å². The topological polar surface area (TPSA) is 42.2 Å². The molecule has 0 saturated carbocycles. The maximum absolute atomic E-state index is 12.0. The highest BCUT2D eigenvalue weighted by molar-refractivity contribution is 5.91. The lowest BCUT2D eigenvalue weighted by atomic mass is 9.89. The molecule has 104 valence electrons. The van der Waals surface area contributed by atoms with Gasteiger partial charge >= 0.3 is 0 Å². The maximum Gasteiger partial charge on any atom is 0.287 e. The number of carbonyl (C=O) groups excluding carboxylic acids is 1. The number of benzene rings is 1. The van der Waals surface area contributed by atoms with Gasteiger partial charge < -0.3 is 9.73 Å². The molecule has 1 atom stereocenters. The van der Waals surface area contributed by atoms with Crippen molar-refractivity contribution < 1.29 is 9.21 Å². The molecule has 2 aromatic rings. The predicted octanol–water partition coefficient (Wildman–Crippen LogP) is 3.65. The van der Waals surface area contributed by atoms with Gasteiger partial charge in [0.15, 0.2) is 5.76 Å². The smallest absolute Gasteiger partial charge is 0.287 e. The van der Waals surface area contributed by atoms with Gasteiger partial charge in [-0.2, -0.15) is 0 Å². The van der Waals surface area contributed by atoms with Gasteiger partial charge in [-0.05, 0) is 61.4 Å². The fourth-order valence-electron chi connectivity index (χ4n) is 2.78. The molecule has 1 aliphatic carbocycles. The van der Waals surface area contributed by atoms with Gasteiger partial charge in [0, 0.05) is 0 Å². The SMILES string of the molecule is C[C@H](NC(=O)c1ccco1)c1ccc2c(c1)CCCC2. The van der Waals surface area contributed by atoms with Crippen molar-refractivity contribution in [3.8, 4) is 0 Å². The molecule has 0 fully saturated rings. The standard InChI is InChI=1S/C17H19NO2/c1-12(18-17(19)16-7-4-10-20-16)14-9-8-13-5-2-3-6-15(13)11-14/h4,7-12H,2-3,5-6H2,1H3,(H,18,19)/t12-/m0/s1. The molecule has 20 heavy (non-hydrogen) atoms. The number of hydrogen-bond acceptors (Lipinski definition) is 2. The van der Waals surface area contributed by atoms with E-state index in [2.05, 4.69) is 23.5 Å². The van der Waals surface area contributed by atoms with Crippen LogP contribution in [0, 0.1) is 0 Å². The maximum atomic E-state index is 12.0. The van der Waals surface area contributed by atoms with Crippen LogP contribution in [0.4, 0.5) is 0 Å². The fraction of sp³-hybridized carbons (Fsp3) is 0.353. The molecule has 1 aliphatic rings. The number of nitrogens with one attached hydrogen (secondary N) is 1. The van der Waals surface area contributed by atoms with E-state index in [-0.39, 0.29) is 11.9 Å². The zero-order chi connectivity index (χ0) is 13.9. The van der Waals surface area contributed by atoms with Crippen LogP contribution in [0.25, 0.3) is 0 Å². The van der Waals surface area contributed by atoms with Crippen LogP contribution in [0.15, 0.2) is 41.0 Å². The molecule has 0 aliphatic heterocycles. The van der Waals surface area contributed by atoms with Gasteiger partial charge in [0.05, 0.1) is 12.3 Å². The van der Waals surface area contributed by atoms with Crippen molar-refractivity contribution in [2.75, 3.05) is 0 Å². The van der Waals surface area contributed by atoms with Gasteiger partial charge in [-0.3, -0.25) is 4.79 Å². The van der Waals surface area contributed by atoms with Crippen molar-refractivity contribution >= 4 is 5.91 Å². The third-order valence-electron chi connectivity index (χ3n) is 3.97. The number of furan rings is 1. The van der Waals surface area contributed by atoms with Crippen LogP contribution in [0.3, 0.4) is 0 Å². The highest BCUT2D eigenvalue weighted by Crippen LogP contribution is 2.24. The third-order valence-corrected chi connectivity index (χ3v) is 3.97. The number of hydrogen-bond donors (Lipinski definition) is 1. The van der Waals surface area contributed by atoms with Gasteiger partial charge in [-0.1, -0.05) is 18.2 Å². The van der Waals surface area contributed by atoms with Crippen molar-refractivity contribution in [2.24, 2.45) is 0 Å². The van der Waals surface area contributed by atoms with Gasteiger partial charge in [-0.25, -0.2) is 0 Å². The van der Waals surface area contributed by atoms with E-state index in [1.54, 1.807) is 12.1 Å². The summed E-state index contributed by atoms with van der Waals surface area (Å²) < 4.78 is 5.11. The van der Waals surface area contributed by atoms with E-state index in [0.29, 0.717) is 5.76 Å². The zero-order valence-electron chi connectivity index (χ0n) is 11.7. The normalized spacial score (nSPS) is 15.4. The van der Waals surface area contributed by atoms with E-state index in [0.717, 1.165) is 12.0 Å². The van der Waals surface area contributed by atoms with Crippen LogP contribution >= 0.6 is 0 Å². The second-order valence-electron chi connectivity index (χ2n) is 5.41. The Morgan fingerprint density at radius 2 is 2.00 bits per heavy atom. The average Bonchev–Trinajstić information content (AvgIpc) is 3.01. The number of aryl methyl sites for hydroxylation is 2. The Bertz CT molecular complexity index is 601. The van der Waals surface area contributed by atoms with Crippen LogP contribution in [0.2, 0.25) is 0 Å². The lowest BCUT2D eigenvalue weighted by Crippen LogP contribution is -2.26. The van der Waals surface area contributed by atoms with E-state index >= 15 is 0 Å². The van der Waals surface area contributed by atoms with E-state index in [1.807, 2.05) is 6.92 Å². The minimum atomic E-state index is -0.166. The first-order chi connectivity index (χ1) is 9.74. The van der Waals surface area contributed by atoms with Gasteiger partial charge in [-0.15, -0.1) is 0 Å². The molecular weight excluding hydrogens is 250 g/mol. The highest BCUT2D eigenvalue weighted by atomic mass is 16.3. The molecule has 0 saturated heterocycles. The monoisotopic (exact) mass is 269 g/mol. The summed E-state index contributed by atoms with van der Waals surface area (Å²) >= 11 is 0. The molecular formula is C17H19NO2. The van der Waals surface area contributed by atoms with Crippen molar-refractivity contribution in [1.29, 1.82) is 0 Å². The molecule has 0 bridgehead atoms. The Morgan fingerprint density at radius 1 is 1.20 bits per heavy atom. The van der Waals surface area contributed by atoms with Crippen LogP contribution in [-0.2, 0) is 12.8 Å². The Morgan fingerprint density at radius 3 is 2.75 bits per heavy atom. The summed E-state index contributed by atoms with van der Waals surface area (Å²) in [5, 5.41) is 2.97. The molecule has 1 N–H and O–H groups in total. The average molecular weight is 269 g/mol. The van der Waals surface area contributed by atoms with Gasteiger partial charge in [0.25, 0.3) is 5.91 Å². The Labute approximate surface area is 119 Å². The number of amides is 1. The summed E-state index contributed by atoms with van der Waals surface area (Å²) in [6, 6.07) is 9.95. The highest BCUT2D eigenvalue weighted by Gasteiger charge is 2.15. The summed E-state index contributed by atoms with van der Waals surface area (Å²) in [4.78, 5) is 12.0. The largest absolute Gasteiger partial charge is 0.459 e. The Kier molecular flexibility index (Phi) is 3.59. The second kappa shape index (κ2) is 5.53. The molecule has 3 heteroatoms. The van der Waals surface area contributed by atoms with Crippen molar-refractivity contribution in [2.45, 2.75) is 38.6 Å². The lowest BCUT2D eigenvalue weighted by molar-refractivity contribution is 0.0912. The number of carbonyl (C=O) groups is 1. The molecule has 1 aromatic carbocycles. The van der Waals surface area contributed by atoms with Crippen molar-refractivity contribution in [3.05, 3.63) is 59.0 Å². The molecule has 1 aromatic heterocycles. The first-order valence-corrected chi connectivity index (χ1v) is 7.20. The zero-order valence-corrected chi connectivity index (χ0v) is 11.7. The summed E-state index contributed by atoms with van der Waals surface area (Å²) in [6.45, 7) is 2.01. The van der Waals surface area contributed by atoms with E-state index < -0.39 is 0 Å². The summed E-state index contributed by atoms with van der Waals surface area (Å²) in [6.07, 6.45) is 6.41. The number of rotatable bonds is 3. The van der Waals surface area contributed by atoms with Crippen molar-refractivity contribution in [3.63, 3.8) is 0 Å². The predicted molar refractivity (Wildman–Crippen MR) is 77.7 cm³/mol. The van der Waals surface area contributed by atoms with E-state index in [1.165, 1.54) is 36.7 Å². The first kappa shape index (κ1) is 13.0. The molecule has 1 amide bonds. The van der Waals surface area contributed by atoms with Crippen LogP contribution in [-0.4, -0.2) is 5.91 Å². The van der Waals surface area contributed by atoms with Crippen molar-refractivity contribution in [1.82, 2.24) is 5.32 Å². The quantitative estimate of drug-likeness (QED) is 0.924. The lowest BCUT2D eigenvalue weighted by Gasteiger charge is -2.19. The minimum absolute atomic E-state index is 0.0140. The Hall–Kier alpha value is -2.03.